The van der Waals surface area contributed by atoms with Crippen molar-refractivity contribution in [1.29, 1.82) is 5.26 Å². The molecule has 2 aromatic carbocycles. The molecular weight excluding hydrogens is 237 g/mol. The minimum atomic E-state index is -0.361. The molecule has 2 unspecified atom stereocenters. The summed E-state index contributed by atoms with van der Waals surface area (Å²) in [6.45, 7) is 3.82. The molecule has 1 nitrogen and oxygen atoms in total. The molecule has 19 heavy (non-hydrogen) atoms. The summed E-state index contributed by atoms with van der Waals surface area (Å²) in [5.41, 5.74) is 1.84. The summed E-state index contributed by atoms with van der Waals surface area (Å²) in [5, 5.41) is 9.42. The smallest absolute Gasteiger partial charge is 0.123 e. The topological polar surface area (TPSA) is 23.8 Å². The Balaban J connectivity index is 2.38. The SMILES string of the molecule is C=CC(c1ccccc1)C(C#N)c1ccc(F)cc1. The van der Waals surface area contributed by atoms with E-state index in [1.54, 1.807) is 18.2 Å². The molecule has 0 aromatic heterocycles. The number of hydrogen-bond donors (Lipinski definition) is 0. The van der Waals surface area contributed by atoms with Crippen LogP contribution in [0.3, 0.4) is 0 Å². The maximum atomic E-state index is 13.0. The van der Waals surface area contributed by atoms with Crippen molar-refractivity contribution in [2.45, 2.75) is 11.8 Å². The lowest BCUT2D eigenvalue weighted by Gasteiger charge is -2.19. The van der Waals surface area contributed by atoms with Crippen LogP contribution in [0.1, 0.15) is 23.0 Å². The van der Waals surface area contributed by atoms with Crippen molar-refractivity contribution in [3.05, 3.63) is 84.2 Å². The highest BCUT2D eigenvalue weighted by molar-refractivity contribution is 5.35. The fraction of sp³-hybridized carbons (Fsp3) is 0.118. The molecule has 2 atom stereocenters. The van der Waals surface area contributed by atoms with Gasteiger partial charge in [-0.3, -0.25) is 0 Å². The van der Waals surface area contributed by atoms with Gasteiger partial charge >= 0.3 is 0 Å². The fourth-order valence-corrected chi connectivity index (χ4v) is 2.17. The highest BCUT2D eigenvalue weighted by Gasteiger charge is 2.21. The van der Waals surface area contributed by atoms with E-state index in [1.165, 1.54) is 12.1 Å². The molecule has 2 aromatic rings. The Bertz CT molecular complexity index is 581. The van der Waals surface area contributed by atoms with Crippen LogP contribution < -0.4 is 0 Å². The van der Waals surface area contributed by atoms with Gasteiger partial charge in [-0.05, 0) is 23.3 Å². The van der Waals surface area contributed by atoms with Crippen LogP contribution in [0.2, 0.25) is 0 Å². The van der Waals surface area contributed by atoms with Crippen LogP contribution in [0, 0.1) is 17.1 Å². The third-order valence-corrected chi connectivity index (χ3v) is 3.17. The Kier molecular flexibility index (Phi) is 4.10. The van der Waals surface area contributed by atoms with Gasteiger partial charge in [0.05, 0.1) is 12.0 Å². The molecule has 0 spiro atoms. The van der Waals surface area contributed by atoms with Gasteiger partial charge in [0, 0.05) is 5.92 Å². The van der Waals surface area contributed by atoms with E-state index in [1.807, 2.05) is 30.3 Å². The summed E-state index contributed by atoms with van der Waals surface area (Å²) in [6.07, 6.45) is 1.77. The van der Waals surface area contributed by atoms with E-state index in [0.717, 1.165) is 11.1 Å². The third kappa shape index (κ3) is 2.89. The lowest BCUT2D eigenvalue weighted by molar-refractivity contribution is 0.625. The zero-order chi connectivity index (χ0) is 13.7. The predicted molar refractivity (Wildman–Crippen MR) is 74.1 cm³/mol. The summed E-state index contributed by atoms with van der Waals surface area (Å²) in [7, 11) is 0. The van der Waals surface area contributed by atoms with Gasteiger partial charge in [-0.1, -0.05) is 48.5 Å². The second-order valence-electron chi connectivity index (χ2n) is 4.33. The number of allylic oxidation sites excluding steroid dienone is 1. The third-order valence-electron chi connectivity index (χ3n) is 3.17. The Hall–Kier alpha value is -2.40. The minimum absolute atomic E-state index is 0.100. The number of benzene rings is 2. The van der Waals surface area contributed by atoms with E-state index in [2.05, 4.69) is 12.6 Å². The molecule has 2 heteroatoms. The van der Waals surface area contributed by atoms with Crippen LogP contribution in [0.15, 0.2) is 67.3 Å². The van der Waals surface area contributed by atoms with Crippen LogP contribution in [-0.4, -0.2) is 0 Å². The second-order valence-corrected chi connectivity index (χ2v) is 4.33. The van der Waals surface area contributed by atoms with Crippen molar-refractivity contribution in [2.75, 3.05) is 0 Å². The highest BCUT2D eigenvalue weighted by atomic mass is 19.1. The summed E-state index contributed by atoms with van der Waals surface area (Å²) in [4.78, 5) is 0. The number of rotatable bonds is 4. The number of hydrogen-bond acceptors (Lipinski definition) is 1. The maximum absolute atomic E-state index is 13.0. The summed E-state index contributed by atoms with van der Waals surface area (Å²) >= 11 is 0. The first-order valence-corrected chi connectivity index (χ1v) is 6.09. The molecule has 94 valence electrons. The minimum Gasteiger partial charge on any atom is -0.207 e. The first kappa shape index (κ1) is 13.0. The lowest BCUT2D eigenvalue weighted by Crippen LogP contribution is -2.07. The predicted octanol–water partition coefficient (Wildman–Crippen LogP) is 4.40. The molecule has 0 aliphatic carbocycles. The van der Waals surface area contributed by atoms with E-state index in [0.29, 0.717) is 0 Å². The Morgan fingerprint density at radius 3 is 2.16 bits per heavy atom. The van der Waals surface area contributed by atoms with Crippen molar-refractivity contribution in [1.82, 2.24) is 0 Å². The molecule has 0 saturated carbocycles. The van der Waals surface area contributed by atoms with Gasteiger partial charge < -0.3 is 0 Å². The van der Waals surface area contributed by atoms with Gasteiger partial charge in [0.25, 0.3) is 0 Å². The molecule has 0 N–H and O–H groups in total. The fourth-order valence-electron chi connectivity index (χ4n) is 2.17. The molecule has 0 heterocycles. The van der Waals surface area contributed by atoms with E-state index >= 15 is 0 Å². The van der Waals surface area contributed by atoms with Gasteiger partial charge in [-0.25, -0.2) is 4.39 Å². The Labute approximate surface area is 112 Å². The molecule has 2 rings (SSSR count). The van der Waals surface area contributed by atoms with Gasteiger partial charge in [0.1, 0.15) is 5.82 Å². The normalized spacial score (nSPS) is 13.3. The van der Waals surface area contributed by atoms with Crippen LogP contribution in [0.4, 0.5) is 4.39 Å². The molecule has 0 amide bonds. The molecule has 0 fully saturated rings. The van der Waals surface area contributed by atoms with Gasteiger partial charge in [0.2, 0.25) is 0 Å². The molecule has 0 saturated heterocycles. The number of halogens is 1. The average molecular weight is 251 g/mol. The number of nitrogens with zero attached hydrogens (tertiary/aromatic N) is 1. The van der Waals surface area contributed by atoms with Gasteiger partial charge in [0.15, 0.2) is 0 Å². The summed E-state index contributed by atoms with van der Waals surface area (Å²) in [5.74, 6) is -0.757. The van der Waals surface area contributed by atoms with Crippen LogP contribution >= 0.6 is 0 Å². The molecule has 0 aliphatic rings. The average Bonchev–Trinajstić information content (AvgIpc) is 2.47. The zero-order valence-corrected chi connectivity index (χ0v) is 10.5. The van der Waals surface area contributed by atoms with Crippen LogP contribution in [0.25, 0.3) is 0 Å². The lowest BCUT2D eigenvalue weighted by atomic mass is 9.82. The molecular formula is C17H14FN. The van der Waals surface area contributed by atoms with E-state index in [9.17, 15) is 9.65 Å². The van der Waals surface area contributed by atoms with E-state index < -0.39 is 0 Å². The van der Waals surface area contributed by atoms with Gasteiger partial charge in [-0.15, -0.1) is 6.58 Å². The first-order chi connectivity index (χ1) is 9.26. The monoisotopic (exact) mass is 251 g/mol. The Morgan fingerprint density at radius 1 is 1.00 bits per heavy atom. The van der Waals surface area contributed by atoms with Crippen molar-refractivity contribution in [3.8, 4) is 6.07 Å². The first-order valence-electron chi connectivity index (χ1n) is 6.09. The largest absolute Gasteiger partial charge is 0.207 e. The summed E-state index contributed by atoms with van der Waals surface area (Å²) in [6, 6.07) is 18.1. The highest BCUT2D eigenvalue weighted by Crippen LogP contribution is 2.33. The van der Waals surface area contributed by atoms with E-state index in [-0.39, 0.29) is 17.7 Å². The Morgan fingerprint density at radius 2 is 1.63 bits per heavy atom. The van der Waals surface area contributed by atoms with Crippen molar-refractivity contribution < 1.29 is 4.39 Å². The van der Waals surface area contributed by atoms with Crippen molar-refractivity contribution in [3.63, 3.8) is 0 Å². The second kappa shape index (κ2) is 5.97. The molecule has 0 radical (unpaired) electrons. The molecule has 0 aliphatic heterocycles. The quantitative estimate of drug-likeness (QED) is 0.739. The van der Waals surface area contributed by atoms with Crippen LogP contribution in [-0.2, 0) is 0 Å². The van der Waals surface area contributed by atoms with Crippen molar-refractivity contribution >= 4 is 0 Å². The zero-order valence-electron chi connectivity index (χ0n) is 10.5. The van der Waals surface area contributed by atoms with Gasteiger partial charge in [-0.2, -0.15) is 5.26 Å². The maximum Gasteiger partial charge on any atom is 0.123 e. The molecule has 0 bridgehead atoms. The summed E-state index contributed by atoms with van der Waals surface area (Å²) < 4.78 is 13.0. The van der Waals surface area contributed by atoms with Crippen molar-refractivity contribution in [2.24, 2.45) is 0 Å². The van der Waals surface area contributed by atoms with E-state index in [4.69, 9.17) is 0 Å². The van der Waals surface area contributed by atoms with Crippen LogP contribution in [0.5, 0.6) is 0 Å². The standard InChI is InChI=1S/C17H14FN/c1-2-16(13-6-4-3-5-7-13)17(12-19)14-8-10-15(18)11-9-14/h2-11,16-17H,1H2. The number of nitriles is 1.